The lowest BCUT2D eigenvalue weighted by molar-refractivity contribution is 0.275. The van der Waals surface area contributed by atoms with Crippen LogP contribution in [-0.4, -0.2) is 53.0 Å². The smallest absolute Gasteiger partial charge is 0.336 e. The number of thiazole rings is 1. The highest BCUT2D eigenvalue weighted by atomic mass is 79.9. The molecule has 0 spiro atoms. The van der Waals surface area contributed by atoms with Gasteiger partial charge in [-0.2, -0.15) is 9.50 Å². The van der Waals surface area contributed by atoms with E-state index in [1.54, 1.807) is 50.5 Å². The first-order valence-electron chi connectivity index (χ1n) is 12.5. The summed E-state index contributed by atoms with van der Waals surface area (Å²) in [7, 11) is 6.52. The molecule has 0 atom stereocenters. The molecular weight excluding hydrogens is 612 g/mol. The molecule has 0 saturated carbocycles. The molecule has 0 N–H and O–H groups in total. The summed E-state index contributed by atoms with van der Waals surface area (Å²) < 4.78 is 30.6. The van der Waals surface area contributed by atoms with Crippen LogP contribution in [0, 0.1) is 6.92 Å². The molecule has 2 aromatic carbocycles. The zero-order valence-electron chi connectivity index (χ0n) is 23.3. The highest BCUT2D eigenvalue weighted by molar-refractivity contribution is 9.10. The Morgan fingerprint density at radius 3 is 2.02 bits per heavy atom. The zero-order valence-corrected chi connectivity index (χ0v) is 25.7. The van der Waals surface area contributed by atoms with Gasteiger partial charge in [0.05, 0.1) is 34.6 Å². The lowest BCUT2D eigenvalue weighted by atomic mass is 10.1. The van der Waals surface area contributed by atoms with Gasteiger partial charge in [-0.05, 0) is 47.1 Å². The Balaban J connectivity index is 1.60. The molecular formula is C28H29BrN6O5S. The molecule has 0 radical (unpaired) electrons. The predicted molar refractivity (Wildman–Crippen MR) is 159 cm³/mol. The zero-order chi connectivity index (χ0) is 28.9. The number of aryl methyl sites for hydroxylation is 1. The van der Waals surface area contributed by atoms with Gasteiger partial charge in [-0.3, -0.25) is 0 Å². The van der Waals surface area contributed by atoms with Gasteiger partial charge in [0.2, 0.25) is 0 Å². The normalized spacial score (nSPS) is 11.0. The first kappa shape index (κ1) is 28.4. The highest BCUT2D eigenvalue weighted by Crippen LogP contribution is 2.33. The van der Waals surface area contributed by atoms with E-state index in [0.717, 1.165) is 21.0 Å². The molecule has 3 aromatic heterocycles. The summed E-state index contributed by atoms with van der Waals surface area (Å²) in [6.45, 7) is 3.09. The van der Waals surface area contributed by atoms with Gasteiger partial charge < -0.3 is 28.6 Å². The number of aromatic nitrogens is 5. The van der Waals surface area contributed by atoms with E-state index in [1.807, 2.05) is 49.5 Å². The van der Waals surface area contributed by atoms with Crippen molar-refractivity contribution in [3.63, 3.8) is 0 Å². The largest absolute Gasteiger partial charge is 0.497 e. The van der Waals surface area contributed by atoms with Gasteiger partial charge in [0.15, 0.2) is 11.5 Å². The molecule has 0 amide bonds. The third kappa shape index (κ3) is 6.30. The maximum absolute atomic E-state index is 6.03. The molecule has 13 heteroatoms. The molecule has 5 rings (SSSR count). The Morgan fingerprint density at radius 1 is 0.854 bits per heavy atom. The van der Waals surface area contributed by atoms with Crippen LogP contribution in [0.15, 0.2) is 53.4 Å². The van der Waals surface area contributed by atoms with E-state index in [0.29, 0.717) is 52.2 Å². The van der Waals surface area contributed by atoms with Crippen LogP contribution in [0.5, 0.6) is 29.0 Å². The Bertz CT molecular complexity index is 1600. The van der Waals surface area contributed by atoms with E-state index >= 15 is 0 Å². The minimum Gasteiger partial charge on any atom is -0.497 e. The van der Waals surface area contributed by atoms with Gasteiger partial charge in [-0.25, -0.2) is 9.97 Å². The second-order valence-corrected chi connectivity index (χ2v) is 11.0. The van der Waals surface area contributed by atoms with Crippen molar-refractivity contribution in [2.45, 2.75) is 26.6 Å². The Hall–Kier alpha value is -4.10. The topological polar surface area (TPSA) is 105 Å². The highest BCUT2D eigenvalue weighted by Gasteiger charge is 2.22. The summed E-state index contributed by atoms with van der Waals surface area (Å²) in [5, 5.41) is 5.40. The standard InChI is InChI=1S/C28H29BrN6O5S/c1-17-12-30-25(41-17)16-40-28-32-27(26-31-13-24(29)35(26)33-28)34(14-18-6-8-20(36-2)10-22(18)38-4)15-19-7-9-21(37-3)11-23(19)39-5/h6-13H,14-16H2,1-5H3. The summed E-state index contributed by atoms with van der Waals surface area (Å²) >= 11 is 5.12. The molecule has 0 saturated heterocycles. The summed E-state index contributed by atoms with van der Waals surface area (Å²) in [6, 6.07) is 11.6. The molecule has 11 nitrogen and oxygen atoms in total. The lowest BCUT2D eigenvalue weighted by Gasteiger charge is -2.26. The number of anilines is 1. The number of imidazole rings is 1. The number of hydrogen-bond acceptors (Lipinski definition) is 11. The van der Waals surface area contributed by atoms with Crippen LogP contribution >= 0.6 is 27.3 Å². The first-order chi connectivity index (χ1) is 19.9. The summed E-state index contributed by atoms with van der Waals surface area (Å²) in [6.07, 6.45) is 3.50. The van der Waals surface area contributed by atoms with Crippen LogP contribution in [0.1, 0.15) is 21.0 Å². The third-order valence-electron chi connectivity index (χ3n) is 6.29. The SMILES string of the molecule is COc1ccc(CN(Cc2ccc(OC)cc2OC)c2nc(OCc3ncc(C)s3)nn3c(Br)cnc23)c(OC)c1. The van der Waals surface area contributed by atoms with Crippen molar-refractivity contribution in [1.29, 1.82) is 0 Å². The van der Waals surface area contributed by atoms with E-state index < -0.39 is 0 Å². The van der Waals surface area contributed by atoms with Gasteiger partial charge in [0.25, 0.3) is 0 Å². The van der Waals surface area contributed by atoms with Crippen molar-refractivity contribution in [3.05, 3.63) is 74.4 Å². The number of hydrogen-bond donors (Lipinski definition) is 0. The number of halogens is 1. The van der Waals surface area contributed by atoms with Crippen molar-refractivity contribution in [2.75, 3.05) is 33.3 Å². The molecule has 0 aliphatic rings. The molecule has 0 aliphatic carbocycles. The number of methoxy groups -OCH3 is 4. The van der Waals surface area contributed by atoms with Crippen LogP contribution in [0.25, 0.3) is 5.65 Å². The Labute approximate surface area is 249 Å². The molecule has 0 aliphatic heterocycles. The number of rotatable bonds is 12. The Kier molecular flexibility index (Phi) is 8.74. The fraction of sp³-hybridized carbons (Fsp3) is 0.286. The van der Waals surface area contributed by atoms with Crippen LogP contribution in [-0.2, 0) is 19.7 Å². The van der Waals surface area contributed by atoms with Gasteiger partial charge in [0, 0.05) is 47.4 Å². The second kappa shape index (κ2) is 12.6. The molecule has 0 unspecified atom stereocenters. The fourth-order valence-electron chi connectivity index (χ4n) is 4.27. The van der Waals surface area contributed by atoms with Crippen molar-refractivity contribution < 1.29 is 23.7 Å². The van der Waals surface area contributed by atoms with E-state index in [9.17, 15) is 0 Å². The van der Waals surface area contributed by atoms with E-state index in [2.05, 4.69) is 35.9 Å². The predicted octanol–water partition coefficient (Wildman–Crippen LogP) is 5.47. The van der Waals surface area contributed by atoms with E-state index in [1.165, 1.54) is 0 Å². The van der Waals surface area contributed by atoms with Gasteiger partial charge in [0.1, 0.15) is 39.2 Å². The average Bonchev–Trinajstić information content (AvgIpc) is 3.60. The van der Waals surface area contributed by atoms with Gasteiger partial charge >= 0.3 is 6.01 Å². The van der Waals surface area contributed by atoms with Crippen molar-refractivity contribution >= 4 is 38.7 Å². The maximum atomic E-state index is 6.03. The maximum Gasteiger partial charge on any atom is 0.336 e. The minimum atomic E-state index is 0.187. The monoisotopic (exact) mass is 640 g/mol. The average molecular weight is 642 g/mol. The van der Waals surface area contributed by atoms with Gasteiger partial charge in [-0.15, -0.1) is 16.4 Å². The van der Waals surface area contributed by atoms with Crippen LogP contribution in [0.3, 0.4) is 0 Å². The number of fused-ring (bicyclic) bond motifs is 1. The van der Waals surface area contributed by atoms with Crippen molar-refractivity contribution in [3.8, 4) is 29.0 Å². The summed E-state index contributed by atoms with van der Waals surface area (Å²) in [5.41, 5.74) is 2.39. The van der Waals surface area contributed by atoms with Crippen LogP contribution in [0.4, 0.5) is 5.82 Å². The summed E-state index contributed by atoms with van der Waals surface area (Å²) in [5.74, 6) is 3.32. The van der Waals surface area contributed by atoms with Crippen LogP contribution < -0.4 is 28.6 Å². The number of nitrogens with zero attached hydrogens (tertiary/aromatic N) is 6. The van der Waals surface area contributed by atoms with E-state index in [-0.39, 0.29) is 12.6 Å². The Morgan fingerprint density at radius 2 is 1.49 bits per heavy atom. The molecule has 41 heavy (non-hydrogen) atoms. The fourth-order valence-corrected chi connectivity index (χ4v) is 5.32. The molecule has 0 bridgehead atoms. The van der Waals surface area contributed by atoms with Crippen LogP contribution in [0.2, 0.25) is 0 Å². The lowest BCUT2D eigenvalue weighted by Crippen LogP contribution is -2.25. The first-order valence-corrected chi connectivity index (χ1v) is 14.2. The molecule has 214 valence electrons. The molecule has 5 aromatic rings. The van der Waals surface area contributed by atoms with Gasteiger partial charge in [-0.1, -0.05) is 0 Å². The van der Waals surface area contributed by atoms with E-state index in [4.69, 9.17) is 28.7 Å². The van der Waals surface area contributed by atoms with Crippen molar-refractivity contribution in [1.82, 2.24) is 24.6 Å². The number of ether oxygens (including phenoxy) is 5. The third-order valence-corrected chi connectivity index (χ3v) is 7.71. The molecule has 0 fully saturated rings. The number of benzene rings is 2. The van der Waals surface area contributed by atoms with Crippen molar-refractivity contribution in [2.24, 2.45) is 0 Å². The quantitative estimate of drug-likeness (QED) is 0.174. The minimum absolute atomic E-state index is 0.187. The second-order valence-electron chi connectivity index (χ2n) is 8.90. The summed E-state index contributed by atoms with van der Waals surface area (Å²) in [4.78, 5) is 17.0. The molecule has 3 heterocycles.